The second-order valence-electron chi connectivity index (χ2n) is 3.85. The Bertz CT molecular complexity index is 214. The van der Waals surface area contributed by atoms with Crippen LogP contribution in [0.4, 0.5) is 0 Å². The molecule has 0 aliphatic heterocycles. The Labute approximate surface area is 115 Å². The van der Waals surface area contributed by atoms with Gasteiger partial charge in [0, 0.05) is 0 Å². The van der Waals surface area contributed by atoms with Crippen LogP contribution in [0.2, 0.25) is 0 Å². The molecule has 0 saturated heterocycles. The Hall–Kier alpha value is -0.452. The summed E-state index contributed by atoms with van der Waals surface area (Å²) in [6, 6.07) is 0. The van der Waals surface area contributed by atoms with Crippen molar-refractivity contribution < 1.29 is 40.9 Å². The molecule has 2 atom stereocenters. The van der Waals surface area contributed by atoms with E-state index >= 15 is 0 Å². The van der Waals surface area contributed by atoms with Gasteiger partial charge in [-0.1, -0.05) is 12.8 Å². The zero-order valence-corrected chi connectivity index (χ0v) is 11.8. The molecule has 7 heteroatoms. The van der Waals surface area contributed by atoms with Gasteiger partial charge in [0.1, 0.15) is 0 Å². The van der Waals surface area contributed by atoms with Crippen LogP contribution in [0.5, 0.6) is 0 Å². The molecule has 0 aromatic rings. The summed E-state index contributed by atoms with van der Waals surface area (Å²) in [6.45, 7) is 1.67. The van der Waals surface area contributed by atoms with Crippen molar-refractivity contribution >= 4 is 11.9 Å². The molecule has 1 saturated carbocycles. The third-order valence-corrected chi connectivity index (χ3v) is 2.84. The van der Waals surface area contributed by atoms with E-state index in [1.165, 1.54) is 25.7 Å². The minimum Gasteiger partial charge on any atom is -0.543 e. The predicted octanol–water partition coefficient (Wildman–Crippen LogP) is -2.81. The van der Waals surface area contributed by atoms with Crippen LogP contribution >= 0.6 is 0 Å². The van der Waals surface area contributed by atoms with E-state index in [4.69, 9.17) is 31.3 Å². The Kier molecular flexibility index (Phi) is 11.9. The molecule has 0 spiro atoms. The smallest absolute Gasteiger partial charge is 0.543 e. The topological polar surface area (TPSA) is 132 Å². The Morgan fingerprint density at radius 1 is 0.941 bits per heavy atom. The first-order valence-electron chi connectivity index (χ1n) is 5.35. The van der Waals surface area contributed by atoms with Gasteiger partial charge in [0.25, 0.3) is 0 Å². The molecule has 4 N–H and O–H groups in total. The van der Waals surface area contributed by atoms with E-state index in [0.29, 0.717) is 0 Å². The monoisotopic (exact) mass is 425 g/mol. The largest absolute Gasteiger partial charge is 2.00 e. The summed E-state index contributed by atoms with van der Waals surface area (Å²) in [5.41, 5.74) is 11.2. The molecule has 1 aliphatic carbocycles. The van der Waals surface area contributed by atoms with Gasteiger partial charge in [-0.15, -0.1) is 0 Å². The summed E-state index contributed by atoms with van der Waals surface area (Å²) < 4.78 is 0. The van der Waals surface area contributed by atoms with Gasteiger partial charge in [-0.3, -0.25) is 0 Å². The molecule has 0 heterocycles. The van der Waals surface area contributed by atoms with E-state index in [2.05, 4.69) is 0 Å². The molecule has 0 amide bonds. The third-order valence-electron chi connectivity index (χ3n) is 2.84. The van der Waals surface area contributed by atoms with Gasteiger partial charge in [-0.2, -0.15) is 0 Å². The van der Waals surface area contributed by atoms with Gasteiger partial charge in [-0.05, 0) is 37.8 Å². The van der Waals surface area contributed by atoms with Gasteiger partial charge in [0.15, 0.2) is 0 Å². The SMILES string of the molecule is NCC1CCCCC1CN.O=C([O-])C(=O)[O-].[Pt+2]. The summed E-state index contributed by atoms with van der Waals surface area (Å²) in [4.78, 5) is 17.9. The first-order chi connectivity index (χ1) is 7.52. The van der Waals surface area contributed by atoms with E-state index in [-0.39, 0.29) is 21.1 Å². The number of carbonyl (C=O) groups excluding carboxylic acids is 2. The van der Waals surface area contributed by atoms with Crippen molar-refractivity contribution in [1.29, 1.82) is 0 Å². The van der Waals surface area contributed by atoms with Crippen LogP contribution in [0, 0.1) is 11.8 Å². The maximum Gasteiger partial charge on any atom is 2.00 e. The molecule has 0 aromatic heterocycles. The summed E-state index contributed by atoms with van der Waals surface area (Å²) in [6.07, 6.45) is 5.33. The molecule has 17 heavy (non-hydrogen) atoms. The zero-order valence-electron chi connectivity index (χ0n) is 9.50. The molecular formula is C10H18N2O4Pt. The molecular weight excluding hydrogens is 407 g/mol. The van der Waals surface area contributed by atoms with Gasteiger partial charge in [0.2, 0.25) is 0 Å². The number of carboxylic acid groups (broad SMARTS) is 2. The quantitative estimate of drug-likeness (QED) is 0.459. The Morgan fingerprint density at radius 3 is 1.41 bits per heavy atom. The third kappa shape index (κ3) is 8.30. The van der Waals surface area contributed by atoms with Crippen molar-refractivity contribution in [3.05, 3.63) is 0 Å². The second kappa shape index (κ2) is 10.7. The number of hydrogen-bond acceptors (Lipinski definition) is 6. The molecule has 1 rings (SSSR count). The van der Waals surface area contributed by atoms with Gasteiger partial charge < -0.3 is 31.3 Å². The molecule has 6 nitrogen and oxygen atoms in total. The summed E-state index contributed by atoms with van der Waals surface area (Å²) in [5.74, 6) is -2.93. The minimum atomic E-state index is -2.19. The number of hydrogen-bond donors (Lipinski definition) is 2. The maximum atomic E-state index is 8.93. The van der Waals surface area contributed by atoms with Crippen LogP contribution in [0.25, 0.3) is 0 Å². The molecule has 0 bridgehead atoms. The van der Waals surface area contributed by atoms with Crippen molar-refractivity contribution in [3.8, 4) is 0 Å². The standard InChI is InChI=1S/C8H18N2.C2H2O4.Pt/c9-5-7-3-1-2-4-8(7)6-10;3-1(4)2(5)6;/h7-8H,1-6,9-10H2;(H,3,4)(H,5,6);/q;;+2/p-2. The fraction of sp³-hybridized carbons (Fsp3) is 0.800. The number of nitrogens with two attached hydrogens (primary N) is 2. The van der Waals surface area contributed by atoms with E-state index in [1.54, 1.807) is 0 Å². The van der Waals surface area contributed by atoms with E-state index in [9.17, 15) is 0 Å². The van der Waals surface area contributed by atoms with E-state index < -0.39 is 11.9 Å². The van der Waals surface area contributed by atoms with Gasteiger partial charge in [0.05, 0.1) is 11.9 Å². The maximum absolute atomic E-state index is 8.93. The van der Waals surface area contributed by atoms with Crippen LogP contribution in [-0.4, -0.2) is 25.0 Å². The van der Waals surface area contributed by atoms with Crippen molar-refractivity contribution in [2.24, 2.45) is 23.3 Å². The first-order valence-corrected chi connectivity index (χ1v) is 5.35. The fourth-order valence-corrected chi connectivity index (χ4v) is 1.91. The predicted molar refractivity (Wildman–Crippen MR) is 53.6 cm³/mol. The normalized spacial score (nSPS) is 22.7. The number of carbonyl (C=O) groups is 2. The van der Waals surface area contributed by atoms with Crippen molar-refractivity contribution in [2.45, 2.75) is 25.7 Å². The molecule has 102 valence electrons. The second-order valence-corrected chi connectivity index (χ2v) is 3.85. The van der Waals surface area contributed by atoms with Gasteiger partial charge in [-0.25, -0.2) is 0 Å². The minimum absolute atomic E-state index is 0. The zero-order chi connectivity index (χ0) is 12.6. The summed E-state index contributed by atoms with van der Waals surface area (Å²) in [5, 5.41) is 17.9. The Morgan fingerprint density at radius 2 is 1.24 bits per heavy atom. The Balaban J connectivity index is 0. The molecule has 1 fully saturated rings. The van der Waals surface area contributed by atoms with Gasteiger partial charge >= 0.3 is 21.1 Å². The number of aliphatic carboxylic acids is 2. The van der Waals surface area contributed by atoms with Crippen LogP contribution in [0.15, 0.2) is 0 Å². The number of carboxylic acids is 2. The van der Waals surface area contributed by atoms with Crippen LogP contribution in [0.1, 0.15) is 25.7 Å². The van der Waals surface area contributed by atoms with E-state index in [1.807, 2.05) is 0 Å². The first kappa shape index (κ1) is 18.9. The molecule has 1 aliphatic rings. The van der Waals surface area contributed by atoms with Crippen LogP contribution in [-0.2, 0) is 30.7 Å². The van der Waals surface area contributed by atoms with Crippen LogP contribution < -0.4 is 21.7 Å². The van der Waals surface area contributed by atoms with Crippen molar-refractivity contribution in [2.75, 3.05) is 13.1 Å². The number of rotatable bonds is 2. The van der Waals surface area contributed by atoms with Crippen LogP contribution in [0.3, 0.4) is 0 Å². The molecule has 0 aromatic carbocycles. The fourth-order valence-electron chi connectivity index (χ4n) is 1.91. The van der Waals surface area contributed by atoms with E-state index in [0.717, 1.165) is 24.9 Å². The summed E-state index contributed by atoms with van der Waals surface area (Å²) in [7, 11) is 0. The van der Waals surface area contributed by atoms with Crippen molar-refractivity contribution in [1.82, 2.24) is 0 Å². The summed E-state index contributed by atoms with van der Waals surface area (Å²) >= 11 is 0. The van der Waals surface area contributed by atoms with Crippen molar-refractivity contribution in [3.63, 3.8) is 0 Å². The molecule has 0 radical (unpaired) electrons. The average molecular weight is 425 g/mol. The molecule has 2 unspecified atom stereocenters. The average Bonchev–Trinajstić information content (AvgIpc) is 2.29.